The van der Waals surface area contributed by atoms with E-state index in [-0.39, 0.29) is 62.1 Å². The molecular formula is C41H64O13. The number of ether oxygens (including phenoxy) is 7. The third-order valence-corrected chi connectivity index (χ3v) is 10.9. The van der Waals surface area contributed by atoms with Gasteiger partial charge >= 0.3 is 17.9 Å². The lowest BCUT2D eigenvalue weighted by Gasteiger charge is -2.51. The molecule has 0 saturated carbocycles. The van der Waals surface area contributed by atoms with Gasteiger partial charge in [-0.2, -0.15) is 0 Å². The maximum absolute atomic E-state index is 13.4. The molecule has 0 aromatic rings. The van der Waals surface area contributed by atoms with Crippen LogP contribution in [0.25, 0.3) is 0 Å². The van der Waals surface area contributed by atoms with Crippen LogP contribution in [0.5, 0.6) is 0 Å². The second-order valence-electron chi connectivity index (χ2n) is 15.8. The van der Waals surface area contributed by atoms with E-state index in [1.807, 2.05) is 0 Å². The minimum absolute atomic E-state index is 0.0116. The van der Waals surface area contributed by atoms with E-state index in [2.05, 4.69) is 13.5 Å². The van der Waals surface area contributed by atoms with Crippen molar-refractivity contribution in [1.82, 2.24) is 0 Å². The molecule has 4 aliphatic rings. The zero-order valence-electron chi connectivity index (χ0n) is 32.7. The lowest BCUT2D eigenvalue weighted by Crippen LogP contribution is -2.62. The molecule has 2 unspecified atom stereocenters. The van der Waals surface area contributed by atoms with Crippen molar-refractivity contribution in [3.05, 3.63) is 36.5 Å². The second-order valence-corrected chi connectivity index (χ2v) is 15.8. The third-order valence-electron chi connectivity index (χ3n) is 10.9. The molecule has 13 heteroatoms. The number of hydrogen-bond acceptors (Lipinski definition) is 13. The number of aliphatic hydroxyl groups excluding tert-OH is 2. The normalized spacial score (nSPS) is 36.3. The Kier molecular flexibility index (Phi) is 17.2. The van der Waals surface area contributed by atoms with Gasteiger partial charge in [-0.25, -0.2) is 4.79 Å². The Hall–Kier alpha value is -2.65. The van der Waals surface area contributed by atoms with Crippen molar-refractivity contribution < 1.29 is 62.9 Å². The average Bonchev–Trinajstić information content (AvgIpc) is 3.11. The number of hydrogen-bond donors (Lipinski definition) is 3. The molecule has 4 rings (SSSR count). The summed E-state index contributed by atoms with van der Waals surface area (Å²) in [5, 5.41) is 33.9. The average molecular weight is 765 g/mol. The lowest BCUT2D eigenvalue weighted by molar-refractivity contribution is -0.327. The lowest BCUT2D eigenvalue weighted by atomic mass is 9.74. The molecule has 4 heterocycles. The number of carbonyl (C=O) groups excluding carboxylic acids is 3. The second kappa shape index (κ2) is 21.0. The van der Waals surface area contributed by atoms with Crippen molar-refractivity contribution in [1.29, 1.82) is 0 Å². The fourth-order valence-corrected chi connectivity index (χ4v) is 7.89. The Bertz CT molecular complexity index is 1300. The van der Waals surface area contributed by atoms with Gasteiger partial charge in [0, 0.05) is 43.6 Å². The quantitative estimate of drug-likeness (QED) is 0.0816. The Balaban J connectivity index is 1.72. The highest BCUT2D eigenvalue weighted by molar-refractivity contribution is 5.83. The summed E-state index contributed by atoms with van der Waals surface area (Å²) in [5.41, 5.74) is -1.08. The number of aliphatic hydroxyl groups is 3. The number of fused-ring (bicyclic) bond motifs is 6. The molecule has 4 aliphatic heterocycles. The Morgan fingerprint density at radius 1 is 0.963 bits per heavy atom. The number of cyclic esters (lactones) is 1. The molecule has 306 valence electrons. The van der Waals surface area contributed by atoms with Crippen molar-refractivity contribution in [3.63, 3.8) is 0 Å². The van der Waals surface area contributed by atoms with Crippen LogP contribution in [-0.4, -0.2) is 108 Å². The van der Waals surface area contributed by atoms with Gasteiger partial charge in [0.15, 0.2) is 12.4 Å². The van der Waals surface area contributed by atoms with Gasteiger partial charge in [-0.1, -0.05) is 58.6 Å². The third kappa shape index (κ3) is 12.7. The van der Waals surface area contributed by atoms with Crippen LogP contribution in [0.1, 0.15) is 124 Å². The first kappa shape index (κ1) is 44.1. The van der Waals surface area contributed by atoms with Crippen molar-refractivity contribution in [2.75, 3.05) is 13.7 Å². The molecule has 0 aliphatic carbocycles. The van der Waals surface area contributed by atoms with E-state index in [1.54, 1.807) is 32.1 Å². The van der Waals surface area contributed by atoms with E-state index < -0.39 is 66.4 Å². The maximum Gasteiger partial charge on any atom is 0.330 e. The number of methoxy groups -OCH3 is 1. The molecule has 0 spiro atoms. The van der Waals surface area contributed by atoms with Crippen LogP contribution in [-0.2, 0) is 47.5 Å². The maximum atomic E-state index is 13.4. The first-order valence-corrected chi connectivity index (χ1v) is 19.9. The molecule has 0 aromatic carbocycles. The van der Waals surface area contributed by atoms with E-state index in [9.17, 15) is 29.7 Å². The number of carbonyl (C=O) groups is 3. The summed E-state index contributed by atoms with van der Waals surface area (Å²) in [6, 6.07) is 0. The van der Waals surface area contributed by atoms with Crippen LogP contribution < -0.4 is 0 Å². The summed E-state index contributed by atoms with van der Waals surface area (Å²) in [5.74, 6) is -4.26. The molecule has 3 fully saturated rings. The number of rotatable bonds is 11. The summed E-state index contributed by atoms with van der Waals surface area (Å²) >= 11 is 0. The fourth-order valence-electron chi connectivity index (χ4n) is 7.89. The largest absolute Gasteiger partial charge is 0.466 e. The minimum Gasteiger partial charge on any atom is -0.466 e. The van der Waals surface area contributed by atoms with E-state index in [0.717, 1.165) is 44.9 Å². The SMILES string of the molecule is C=CC[C@H]1CC2C[C@H]3CCCC(C[C@@H](O)CC(=O)O[C@@H](CO)C[C@@H]4C/C(=C\C(=O)OC)[C@H](OC(=O)CCCCCCC)[C@@](O)(O4)C(C)(C)/C=C/[C@H](O2)O1)O3. The zero-order valence-corrected chi connectivity index (χ0v) is 32.7. The van der Waals surface area contributed by atoms with Crippen molar-refractivity contribution >= 4 is 17.9 Å². The van der Waals surface area contributed by atoms with Crippen molar-refractivity contribution in [2.24, 2.45) is 5.41 Å². The Labute approximate surface area is 320 Å². The molecule has 6 bridgehead atoms. The van der Waals surface area contributed by atoms with Gasteiger partial charge in [-0.3, -0.25) is 9.59 Å². The van der Waals surface area contributed by atoms with Gasteiger partial charge in [0.1, 0.15) is 6.10 Å². The number of esters is 3. The highest BCUT2D eigenvalue weighted by atomic mass is 16.7. The topological polar surface area (TPSA) is 177 Å². The first-order chi connectivity index (χ1) is 25.8. The van der Waals surface area contributed by atoms with Crippen LogP contribution in [0.2, 0.25) is 0 Å². The Morgan fingerprint density at radius 2 is 1.69 bits per heavy atom. The van der Waals surface area contributed by atoms with Crippen LogP contribution in [0.3, 0.4) is 0 Å². The van der Waals surface area contributed by atoms with Crippen LogP contribution in [0, 0.1) is 5.41 Å². The van der Waals surface area contributed by atoms with Crippen molar-refractivity contribution in [2.45, 2.75) is 184 Å². The molecule has 0 amide bonds. The van der Waals surface area contributed by atoms with E-state index in [0.29, 0.717) is 25.7 Å². The molecular weight excluding hydrogens is 700 g/mol. The predicted molar refractivity (Wildman–Crippen MR) is 198 cm³/mol. The fraction of sp³-hybridized carbons (Fsp3) is 0.780. The van der Waals surface area contributed by atoms with E-state index >= 15 is 0 Å². The molecule has 13 nitrogen and oxygen atoms in total. The van der Waals surface area contributed by atoms with Crippen LogP contribution >= 0.6 is 0 Å². The Morgan fingerprint density at radius 3 is 2.39 bits per heavy atom. The molecule has 10 atom stereocenters. The van der Waals surface area contributed by atoms with Crippen LogP contribution in [0.15, 0.2) is 36.5 Å². The predicted octanol–water partition coefficient (Wildman–Crippen LogP) is 5.27. The first-order valence-electron chi connectivity index (χ1n) is 19.9. The van der Waals surface area contributed by atoms with Gasteiger partial charge in [0.2, 0.25) is 5.79 Å². The summed E-state index contributed by atoms with van der Waals surface area (Å²) in [6.07, 6.45) is 9.26. The molecule has 3 saturated heterocycles. The summed E-state index contributed by atoms with van der Waals surface area (Å²) in [4.78, 5) is 39.1. The monoisotopic (exact) mass is 764 g/mol. The standard InChI is InChI=1S/C41H64O13/c1-6-8-9-10-11-16-35(44)53-39-27(20-36(45)48-5)19-33-25-34(26-42)50-37(46)22-28(43)21-30-14-12-15-31(49-30)24-32-23-29(13-7-2)51-38(52-32)17-18-40(3,4)41(39,47)54-33/h7,17-18,20,28-34,38-39,42-43,47H,2,6,8-16,19,21-26H2,1,3-5H3/b18-17+,27-20+/t28-,29+,30?,31-,32?,33+,34-,38+,39+,41-/m1/s1. The summed E-state index contributed by atoms with van der Waals surface area (Å²) in [6.45, 7) is 8.86. The van der Waals surface area contributed by atoms with Gasteiger partial charge in [-0.15, -0.1) is 6.58 Å². The van der Waals surface area contributed by atoms with Gasteiger partial charge in [-0.05, 0) is 50.2 Å². The van der Waals surface area contributed by atoms with Gasteiger partial charge in [0.25, 0.3) is 0 Å². The summed E-state index contributed by atoms with van der Waals surface area (Å²) in [7, 11) is 1.22. The van der Waals surface area contributed by atoms with Gasteiger partial charge < -0.3 is 48.5 Å². The van der Waals surface area contributed by atoms with Gasteiger partial charge in [0.05, 0.1) is 56.8 Å². The van der Waals surface area contributed by atoms with Crippen LogP contribution in [0.4, 0.5) is 0 Å². The summed E-state index contributed by atoms with van der Waals surface area (Å²) < 4.78 is 42.2. The van der Waals surface area contributed by atoms with Crippen molar-refractivity contribution in [3.8, 4) is 0 Å². The minimum atomic E-state index is -2.27. The zero-order chi connectivity index (χ0) is 39.3. The molecule has 0 aromatic heterocycles. The number of unbranched alkanes of at least 4 members (excludes halogenated alkanes) is 4. The smallest absolute Gasteiger partial charge is 0.330 e. The molecule has 0 radical (unpaired) electrons. The van der Waals surface area contributed by atoms with E-state index in [4.69, 9.17) is 33.2 Å². The highest BCUT2D eigenvalue weighted by Gasteiger charge is 2.57. The molecule has 3 N–H and O–H groups in total. The highest BCUT2D eigenvalue weighted by Crippen LogP contribution is 2.47. The van der Waals surface area contributed by atoms with E-state index in [1.165, 1.54) is 13.2 Å². The molecule has 54 heavy (non-hydrogen) atoms.